The van der Waals surface area contributed by atoms with Gasteiger partial charge < -0.3 is 5.11 Å². The summed E-state index contributed by atoms with van der Waals surface area (Å²) >= 11 is 1.27. The van der Waals surface area contributed by atoms with Crippen LogP contribution < -0.4 is 0 Å². The molecule has 0 saturated heterocycles. The zero-order chi connectivity index (χ0) is 14.0. The smallest absolute Gasteiger partial charge is 0.388 e. The highest BCUT2D eigenvalue weighted by Gasteiger charge is 2.32. The second-order valence-corrected chi connectivity index (χ2v) is 4.90. The fourth-order valence-corrected chi connectivity index (χ4v) is 2.26. The lowest BCUT2D eigenvalue weighted by molar-refractivity contribution is -0.137. The molecule has 0 aliphatic heterocycles. The van der Waals surface area contributed by atoms with E-state index in [0.29, 0.717) is 11.1 Å². The van der Waals surface area contributed by atoms with Crippen molar-refractivity contribution in [3.8, 4) is 0 Å². The van der Waals surface area contributed by atoms with Gasteiger partial charge in [-0.2, -0.15) is 13.2 Å². The summed E-state index contributed by atoms with van der Waals surface area (Å²) in [4.78, 5) is 3.92. The highest BCUT2D eigenvalue weighted by molar-refractivity contribution is 7.09. The number of nitrogens with zero attached hydrogens (tertiary/aromatic N) is 1. The van der Waals surface area contributed by atoms with Gasteiger partial charge in [0.1, 0.15) is 5.82 Å². The molecule has 102 valence electrons. The number of rotatable bonds is 3. The van der Waals surface area contributed by atoms with Crippen molar-refractivity contribution in [2.24, 2.45) is 0 Å². The predicted octanol–water partition coefficient (Wildman–Crippen LogP) is 3.58. The van der Waals surface area contributed by atoms with E-state index in [-0.39, 0.29) is 12.0 Å². The molecule has 0 saturated carbocycles. The highest BCUT2D eigenvalue weighted by atomic mass is 32.1. The van der Waals surface area contributed by atoms with Gasteiger partial charge in [0.2, 0.25) is 0 Å². The lowest BCUT2D eigenvalue weighted by Crippen LogP contribution is -2.09. The van der Waals surface area contributed by atoms with E-state index in [2.05, 4.69) is 4.98 Å². The predicted molar refractivity (Wildman–Crippen MR) is 62.2 cm³/mol. The van der Waals surface area contributed by atoms with E-state index in [4.69, 9.17) is 0 Å². The van der Waals surface area contributed by atoms with Gasteiger partial charge in [-0.25, -0.2) is 9.37 Å². The zero-order valence-corrected chi connectivity index (χ0v) is 10.3. The van der Waals surface area contributed by atoms with Crippen LogP contribution in [0.15, 0.2) is 29.8 Å². The summed E-state index contributed by atoms with van der Waals surface area (Å²) in [5.74, 6) is -1.02. The van der Waals surface area contributed by atoms with E-state index in [0.717, 1.165) is 12.1 Å². The van der Waals surface area contributed by atoms with Crippen molar-refractivity contribution in [1.29, 1.82) is 0 Å². The summed E-state index contributed by atoms with van der Waals surface area (Å²) in [7, 11) is 0. The summed E-state index contributed by atoms with van der Waals surface area (Å²) in [5.41, 5.74) is -1.22. The van der Waals surface area contributed by atoms with Gasteiger partial charge in [0.15, 0.2) is 0 Å². The molecule has 19 heavy (non-hydrogen) atoms. The average molecular weight is 291 g/mol. The molecule has 2 rings (SSSR count). The number of thiazole rings is 1. The molecule has 1 unspecified atom stereocenters. The number of aliphatic hydroxyl groups is 1. The van der Waals surface area contributed by atoms with Crippen LogP contribution in [0.5, 0.6) is 0 Å². The first-order valence-electron chi connectivity index (χ1n) is 5.30. The summed E-state index contributed by atoms with van der Waals surface area (Å²) in [6.45, 7) is 0. The number of hydrogen-bond donors (Lipinski definition) is 1. The fraction of sp³-hybridized carbons (Fsp3) is 0.250. The number of aliphatic hydroxyl groups excluding tert-OH is 1. The van der Waals surface area contributed by atoms with Crippen LogP contribution in [0.25, 0.3) is 0 Å². The topological polar surface area (TPSA) is 33.1 Å². The van der Waals surface area contributed by atoms with Crippen LogP contribution in [-0.4, -0.2) is 10.1 Å². The lowest BCUT2D eigenvalue weighted by atomic mass is 10.0. The third kappa shape index (κ3) is 3.51. The van der Waals surface area contributed by atoms with Gasteiger partial charge in [-0.15, -0.1) is 11.3 Å². The number of benzene rings is 1. The first-order valence-corrected chi connectivity index (χ1v) is 6.18. The van der Waals surface area contributed by atoms with Crippen LogP contribution in [0.1, 0.15) is 22.2 Å². The van der Waals surface area contributed by atoms with E-state index in [1.807, 2.05) is 0 Å². The Labute approximate surface area is 110 Å². The molecule has 0 radical (unpaired) electrons. The first-order chi connectivity index (χ1) is 8.86. The van der Waals surface area contributed by atoms with E-state index in [9.17, 15) is 22.7 Å². The van der Waals surface area contributed by atoms with Gasteiger partial charge in [-0.1, -0.05) is 0 Å². The average Bonchev–Trinajstić information content (AvgIpc) is 2.79. The van der Waals surface area contributed by atoms with Gasteiger partial charge in [0, 0.05) is 18.0 Å². The minimum Gasteiger partial charge on any atom is -0.388 e. The maximum absolute atomic E-state index is 13.2. The Balaban J connectivity index is 2.26. The molecule has 0 fully saturated rings. The second kappa shape index (κ2) is 5.26. The highest BCUT2D eigenvalue weighted by Crippen LogP contribution is 2.32. The van der Waals surface area contributed by atoms with E-state index in [1.54, 1.807) is 5.38 Å². The standard InChI is InChI=1S/C12H9F4NOS/c13-9-4-7(3-8(5-9)12(14,15)16)10(18)6-11-17-1-2-19-11/h1-5,10,18H,6H2. The summed E-state index contributed by atoms with van der Waals surface area (Å²) < 4.78 is 50.8. The van der Waals surface area contributed by atoms with Gasteiger partial charge in [0.05, 0.1) is 16.7 Å². The van der Waals surface area contributed by atoms with Crippen molar-refractivity contribution in [3.05, 3.63) is 51.7 Å². The molecule has 0 amide bonds. The van der Waals surface area contributed by atoms with Crippen LogP contribution in [0.4, 0.5) is 17.6 Å². The molecule has 2 nitrogen and oxygen atoms in total. The lowest BCUT2D eigenvalue weighted by Gasteiger charge is -2.13. The molecule has 0 aliphatic rings. The summed E-state index contributed by atoms with van der Waals surface area (Å²) in [6.07, 6.45) is -4.28. The Bertz CT molecular complexity index is 553. The Hall–Kier alpha value is -1.47. The molecule has 1 aromatic carbocycles. The Morgan fingerprint density at radius 1 is 1.26 bits per heavy atom. The molecular formula is C12H9F4NOS. The second-order valence-electron chi connectivity index (χ2n) is 3.92. The quantitative estimate of drug-likeness (QED) is 0.877. The van der Waals surface area contributed by atoms with Crippen molar-refractivity contribution in [1.82, 2.24) is 4.98 Å². The molecule has 0 spiro atoms. The molecule has 0 aliphatic carbocycles. The van der Waals surface area contributed by atoms with Gasteiger partial charge >= 0.3 is 6.18 Å². The van der Waals surface area contributed by atoms with E-state index in [1.165, 1.54) is 17.5 Å². The van der Waals surface area contributed by atoms with Gasteiger partial charge in [-0.3, -0.25) is 0 Å². The van der Waals surface area contributed by atoms with Crippen molar-refractivity contribution in [2.75, 3.05) is 0 Å². The van der Waals surface area contributed by atoms with Crippen LogP contribution in [0.2, 0.25) is 0 Å². The largest absolute Gasteiger partial charge is 0.416 e. The van der Waals surface area contributed by atoms with Crippen molar-refractivity contribution >= 4 is 11.3 Å². The molecular weight excluding hydrogens is 282 g/mol. The molecule has 1 heterocycles. The van der Waals surface area contributed by atoms with E-state index >= 15 is 0 Å². The fourth-order valence-electron chi connectivity index (χ4n) is 1.61. The minimum absolute atomic E-state index is 0.0540. The Morgan fingerprint density at radius 2 is 2.00 bits per heavy atom. The molecule has 1 aromatic heterocycles. The molecule has 2 aromatic rings. The van der Waals surface area contributed by atoms with Crippen molar-refractivity contribution in [2.45, 2.75) is 18.7 Å². The Morgan fingerprint density at radius 3 is 2.58 bits per heavy atom. The van der Waals surface area contributed by atoms with Gasteiger partial charge in [0.25, 0.3) is 0 Å². The van der Waals surface area contributed by atoms with Gasteiger partial charge in [-0.05, 0) is 23.8 Å². The normalized spacial score (nSPS) is 13.5. The number of halogens is 4. The molecule has 1 atom stereocenters. The number of aromatic nitrogens is 1. The summed E-state index contributed by atoms with van der Waals surface area (Å²) in [6, 6.07) is 2.05. The SMILES string of the molecule is OC(Cc1nccs1)c1cc(F)cc(C(F)(F)F)c1. The minimum atomic E-state index is -4.64. The van der Waals surface area contributed by atoms with Crippen LogP contribution >= 0.6 is 11.3 Å². The van der Waals surface area contributed by atoms with Crippen molar-refractivity contribution in [3.63, 3.8) is 0 Å². The third-order valence-electron chi connectivity index (χ3n) is 2.48. The maximum atomic E-state index is 13.2. The van der Waals surface area contributed by atoms with Crippen LogP contribution in [0.3, 0.4) is 0 Å². The molecule has 0 bridgehead atoms. The summed E-state index contributed by atoms with van der Waals surface area (Å²) in [5, 5.41) is 12.1. The number of alkyl halides is 3. The monoisotopic (exact) mass is 291 g/mol. The first kappa shape index (κ1) is 14.0. The number of hydrogen-bond acceptors (Lipinski definition) is 3. The van der Waals surface area contributed by atoms with Crippen LogP contribution in [-0.2, 0) is 12.6 Å². The van der Waals surface area contributed by atoms with Crippen LogP contribution in [0, 0.1) is 5.82 Å². The molecule has 7 heteroatoms. The van der Waals surface area contributed by atoms with Crippen molar-refractivity contribution < 1.29 is 22.7 Å². The maximum Gasteiger partial charge on any atom is 0.416 e. The van der Waals surface area contributed by atoms with E-state index < -0.39 is 23.7 Å². The Kier molecular flexibility index (Phi) is 3.86. The molecule has 1 N–H and O–H groups in total. The third-order valence-corrected chi connectivity index (χ3v) is 3.29. The zero-order valence-electron chi connectivity index (χ0n) is 9.49.